The molecule has 1 aliphatic heterocycles. The first-order valence-corrected chi connectivity index (χ1v) is 12.6. The number of rotatable bonds is 7. The number of hydrogen-bond donors (Lipinski definition) is 3. The van der Waals surface area contributed by atoms with E-state index in [1.807, 2.05) is 0 Å². The van der Waals surface area contributed by atoms with Gasteiger partial charge in [-0.2, -0.15) is 0 Å². The molecule has 36 heavy (non-hydrogen) atoms. The van der Waals surface area contributed by atoms with Crippen LogP contribution in [0.4, 0.5) is 8.78 Å². The van der Waals surface area contributed by atoms with Gasteiger partial charge < -0.3 is 20.3 Å². The lowest BCUT2D eigenvalue weighted by molar-refractivity contribution is -0.130. The molecule has 1 saturated heterocycles. The van der Waals surface area contributed by atoms with Crippen LogP contribution in [0, 0.1) is 17.6 Å². The molecule has 0 spiro atoms. The van der Waals surface area contributed by atoms with Crippen LogP contribution in [0.15, 0.2) is 28.8 Å². The third-order valence-corrected chi connectivity index (χ3v) is 7.18. The zero-order valence-electron chi connectivity index (χ0n) is 20.7. The van der Waals surface area contributed by atoms with E-state index in [0.29, 0.717) is 19.0 Å². The van der Waals surface area contributed by atoms with Gasteiger partial charge in [0.15, 0.2) is 11.5 Å². The maximum absolute atomic E-state index is 14.1. The number of carbonyl (C=O) groups excluding carboxylic acids is 2. The number of likely N-dealkylation sites (tertiary alicyclic amines) is 1. The summed E-state index contributed by atoms with van der Waals surface area (Å²) < 4.78 is 32.5. The van der Waals surface area contributed by atoms with E-state index < -0.39 is 35.0 Å². The highest BCUT2D eigenvalue weighted by molar-refractivity contribution is 5.94. The third kappa shape index (κ3) is 6.10. The summed E-state index contributed by atoms with van der Waals surface area (Å²) in [4.78, 5) is 28.6. The molecular weight excluding hydrogens is 470 g/mol. The molecule has 1 aromatic carbocycles. The Morgan fingerprint density at radius 1 is 1.17 bits per heavy atom. The van der Waals surface area contributed by atoms with Gasteiger partial charge in [-0.25, -0.2) is 8.78 Å². The van der Waals surface area contributed by atoms with Crippen molar-refractivity contribution in [3.05, 3.63) is 41.6 Å². The van der Waals surface area contributed by atoms with Gasteiger partial charge in [0.25, 0.3) is 5.91 Å². The van der Waals surface area contributed by atoms with Crippen LogP contribution in [0.2, 0.25) is 0 Å². The zero-order valence-corrected chi connectivity index (χ0v) is 20.7. The largest absolute Gasteiger partial charge is 0.394 e. The molecular formula is C26H34F2N4O4. The number of halogens is 2. The lowest BCUT2D eigenvalue weighted by Gasteiger charge is -2.43. The second-order valence-electron chi connectivity index (χ2n) is 10.5. The lowest BCUT2D eigenvalue weighted by atomic mass is 9.86. The number of amides is 2. The van der Waals surface area contributed by atoms with Crippen molar-refractivity contribution in [2.75, 3.05) is 19.7 Å². The second kappa shape index (κ2) is 11.0. The van der Waals surface area contributed by atoms with Crippen LogP contribution in [-0.4, -0.2) is 64.3 Å². The minimum Gasteiger partial charge on any atom is -0.394 e. The normalized spacial score (nSPS) is 21.8. The molecule has 2 atom stereocenters. The fourth-order valence-electron chi connectivity index (χ4n) is 5.10. The summed E-state index contributed by atoms with van der Waals surface area (Å²) in [6.45, 7) is 4.54. The Balaban J connectivity index is 1.49. The molecule has 4 rings (SSSR count). The number of piperidine rings is 1. The first-order valence-electron chi connectivity index (χ1n) is 12.6. The van der Waals surface area contributed by atoms with Crippen molar-refractivity contribution in [1.29, 1.82) is 0 Å². The van der Waals surface area contributed by atoms with Gasteiger partial charge in [-0.15, -0.1) is 0 Å². The first kappa shape index (κ1) is 26.2. The van der Waals surface area contributed by atoms with Crippen LogP contribution in [-0.2, 0) is 4.79 Å². The number of carbonyl (C=O) groups is 2. The van der Waals surface area contributed by atoms with Crippen molar-refractivity contribution in [2.24, 2.45) is 5.92 Å². The predicted molar refractivity (Wildman–Crippen MR) is 129 cm³/mol. The summed E-state index contributed by atoms with van der Waals surface area (Å²) >= 11 is 0. The van der Waals surface area contributed by atoms with Gasteiger partial charge in [0, 0.05) is 37.3 Å². The molecule has 10 heteroatoms. The van der Waals surface area contributed by atoms with E-state index in [2.05, 4.69) is 20.7 Å². The van der Waals surface area contributed by atoms with Gasteiger partial charge >= 0.3 is 0 Å². The first-order chi connectivity index (χ1) is 17.2. The number of aliphatic hydroxyl groups is 1. The van der Waals surface area contributed by atoms with Crippen LogP contribution < -0.4 is 10.6 Å². The van der Waals surface area contributed by atoms with E-state index in [0.717, 1.165) is 31.5 Å². The van der Waals surface area contributed by atoms with Crippen molar-refractivity contribution in [1.82, 2.24) is 20.7 Å². The molecule has 1 saturated carbocycles. The number of aliphatic hydroxyl groups excluding tert-OH is 1. The summed E-state index contributed by atoms with van der Waals surface area (Å²) in [5, 5.41) is 19.2. The standard InChI is InChI=1S/C26H34F2N4O4/c1-26(2,15-33)30-24(34)19-14-32(17-6-4-3-5-7-17)11-10-21(19)29-25(35)22-13-23(36-31-22)18-9-8-16(27)12-20(18)28/h8-9,12-13,17,19,21,33H,3-7,10-11,14-15H2,1-2H3,(H,29,35)(H,30,34)/t19-,21-/m1/s1. The molecule has 2 aromatic rings. The summed E-state index contributed by atoms with van der Waals surface area (Å²) in [7, 11) is 0. The van der Waals surface area contributed by atoms with E-state index in [4.69, 9.17) is 4.52 Å². The average Bonchev–Trinajstić information content (AvgIpc) is 3.34. The Hall–Kier alpha value is -2.85. The maximum atomic E-state index is 14.1. The van der Waals surface area contributed by atoms with Gasteiger partial charge in [-0.05, 0) is 45.2 Å². The van der Waals surface area contributed by atoms with E-state index in [1.54, 1.807) is 13.8 Å². The van der Waals surface area contributed by atoms with Crippen LogP contribution in [0.3, 0.4) is 0 Å². The summed E-state index contributed by atoms with van der Waals surface area (Å²) in [5.74, 6) is -2.82. The fourth-order valence-corrected chi connectivity index (χ4v) is 5.10. The summed E-state index contributed by atoms with van der Waals surface area (Å²) in [6, 6.07) is 4.33. The second-order valence-corrected chi connectivity index (χ2v) is 10.5. The average molecular weight is 505 g/mol. The van der Waals surface area contributed by atoms with Gasteiger partial charge in [0.2, 0.25) is 5.91 Å². The highest BCUT2D eigenvalue weighted by atomic mass is 19.1. The molecule has 8 nitrogen and oxygen atoms in total. The smallest absolute Gasteiger partial charge is 0.273 e. The SMILES string of the molecule is CC(C)(CO)NC(=O)[C@@H]1CN(C2CCCCC2)CC[C@H]1NC(=O)c1cc(-c2ccc(F)cc2F)on1. The Labute approximate surface area is 209 Å². The zero-order chi connectivity index (χ0) is 25.9. The number of nitrogens with zero attached hydrogens (tertiary/aromatic N) is 2. The van der Waals surface area contributed by atoms with Gasteiger partial charge in [-0.1, -0.05) is 24.4 Å². The number of aromatic nitrogens is 1. The predicted octanol–water partition coefficient (Wildman–Crippen LogP) is 3.26. The van der Waals surface area contributed by atoms with Crippen LogP contribution in [0.1, 0.15) is 62.9 Å². The third-order valence-electron chi connectivity index (χ3n) is 7.18. The van der Waals surface area contributed by atoms with Gasteiger partial charge in [-0.3, -0.25) is 14.5 Å². The number of nitrogens with one attached hydrogen (secondary N) is 2. The summed E-state index contributed by atoms with van der Waals surface area (Å²) in [6.07, 6.45) is 6.39. The molecule has 1 aliphatic carbocycles. The Morgan fingerprint density at radius 3 is 2.61 bits per heavy atom. The van der Waals surface area contributed by atoms with Crippen molar-refractivity contribution in [3.8, 4) is 11.3 Å². The van der Waals surface area contributed by atoms with E-state index in [9.17, 15) is 23.5 Å². The van der Waals surface area contributed by atoms with Gasteiger partial charge in [0.05, 0.1) is 23.6 Å². The van der Waals surface area contributed by atoms with Crippen molar-refractivity contribution >= 4 is 11.8 Å². The van der Waals surface area contributed by atoms with Crippen molar-refractivity contribution in [2.45, 2.75) is 70.0 Å². The van der Waals surface area contributed by atoms with Crippen molar-refractivity contribution < 1.29 is 28.0 Å². The van der Waals surface area contributed by atoms with E-state index >= 15 is 0 Å². The molecule has 3 N–H and O–H groups in total. The lowest BCUT2D eigenvalue weighted by Crippen LogP contribution is -2.60. The van der Waals surface area contributed by atoms with Crippen LogP contribution in [0.25, 0.3) is 11.3 Å². The van der Waals surface area contributed by atoms with E-state index in [-0.39, 0.29) is 29.5 Å². The molecule has 2 amide bonds. The molecule has 2 fully saturated rings. The Morgan fingerprint density at radius 2 is 1.92 bits per heavy atom. The molecule has 196 valence electrons. The maximum Gasteiger partial charge on any atom is 0.273 e. The Kier molecular flexibility index (Phi) is 8.04. The molecule has 0 unspecified atom stereocenters. The fraction of sp³-hybridized carbons (Fsp3) is 0.577. The summed E-state index contributed by atoms with van der Waals surface area (Å²) in [5.41, 5.74) is -0.857. The number of hydrogen-bond acceptors (Lipinski definition) is 6. The molecule has 0 radical (unpaired) electrons. The van der Waals surface area contributed by atoms with Crippen LogP contribution in [0.5, 0.6) is 0 Å². The van der Waals surface area contributed by atoms with E-state index in [1.165, 1.54) is 31.4 Å². The number of benzene rings is 1. The molecule has 0 bridgehead atoms. The minimum absolute atomic E-state index is 0.00348. The van der Waals surface area contributed by atoms with Gasteiger partial charge in [0.1, 0.15) is 11.6 Å². The molecule has 2 aliphatic rings. The van der Waals surface area contributed by atoms with Crippen molar-refractivity contribution in [3.63, 3.8) is 0 Å². The minimum atomic E-state index is -0.823. The Bertz CT molecular complexity index is 1080. The molecule has 1 aromatic heterocycles. The highest BCUT2D eigenvalue weighted by Gasteiger charge is 2.39. The highest BCUT2D eigenvalue weighted by Crippen LogP contribution is 2.29. The topological polar surface area (TPSA) is 108 Å². The van der Waals surface area contributed by atoms with Crippen LogP contribution >= 0.6 is 0 Å². The monoisotopic (exact) mass is 504 g/mol. The quantitative estimate of drug-likeness (QED) is 0.534. The molecule has 2 heterocycles.